The SMILES string of the molecule is CCOC(=O)c1sc(N)c(C#N)c1CN(Cc1ccc(OC)cc1)C1CC1. The Morgan fingerprint density at radius 2 is 2.04 bits per heavy atom. The number of methoxy groups -OCH3 is 1. The lowest BCUT2D eigenvalue weighted by molar-refractivity contribution is 0.0529. The molecule has 1 heterocycles. The predicted molar refractivity (Wildman–Crippen MR) is 105 cm³/mol. The van der Waals surface area contributed by atoms with Gasteiger partial charge in [0.2, 0.25) is 0 Å². The predicted octanol–water partition coefficient (Wildman–Crippen LogP) is 3.55. The summed E-state index contributed by atoms with van der Waals surface area (Å²) < 4.78 is 10.4. The van der Waals surface area contributed by atoms with Gasteiger partial charge in [0.1, 0.15) is 21.7 Å². The zero-order valence-electron chi connectivity index (χ0n) is 15.5. The summed E-state index contributed by atoms with van der Waals surface area (Å²) in [4.78, 5) is 15.1. The van der Waals surface area contributed by atoms with Gasteiger partial charge in [-0.15, -0.1) is 11.3 Å². The highest BCUT2D eigenvalue weighted by molar-refractivity contribution is 7.18. The second-order valence-electron chi connectivity index (χ2n) is 6.47. The van der Waals surface area contributed by atoms with Crippen LogP contribution < -0.4 is 10.5 Å². The third kappa shape index (κ3) is 4.41. The number of hydrogen-bond donors (Lipinski definition) is 1. The summed E-state index contributed by atoms with van der Waals surface area (Å²) in [6, 6.07) is 10.6. The van der Waals surface area contributed by atoms with Gasteiger partial charge in [0.15, 0.2) is 0 Å². The van der Waals surface area contributed by atoms with E-state index in [2.05, 4.69) is 11.0 Å². The number of anilines is 1. The number of thiophene rings is 1. The van der Waals surface area contributed by atoms with Crippen molar-refractivity contribution in [1.29, 1.82) is 5.26 Å². The summed E-state index contributed by atoms with van der Waals surface area (Å²) >= 11 is 1.14. The van der Waals surface area contributed by atoms with Crippen molar-refractivity contribution in [2.24, 2.45) is 0 Å². The minimum atomic E-state index is -0.411. The molecule has 0 spiro atoms. The zero-order valence-corrected chi connectivity index (χ0v) is 16.3. The van der Waals surface area contributed by atoms with Gasteiger partial charge in [-0.25, -0.2) is 4.79 Å². The number of hydrogen-bond acceptors (Lipinski definition) is 7. The molecule has 142 valence electrons. The highest BCUT2D eigenvalue weighted by Gasteiger charge is 2.32. The summed E-state index contributed by atoms with van der Waals surface area (Å²) in [5.41, 5.74) is 8.22. The molecule has 0 amide bonds. The first-order valence-corrected chi connectivity index (χ1v) is 9.74. The fourth-order valence-electron chi connectivity index (χ4n) is 3.04. The molecule has 1 aromatic heterocycles. The standard InChI is InChI=1S/C20H23N3O3S/c1-3-26-20(24)18-17(16(10-21)19(22)27-18)12-23(14-6-7-14)11-13-4-8-15(25-2)9-5-13/h4-5,8-9,14H,3,6-7,11-12,22H2,1-2H3. The average molecular weight is 385 g/mol. The van der Waals surface area contributed by atoms with Crippen LogP contribution in [0.15, 0.2) is 24.3 Å². The molecule has 0 radical (unpaired) electrons. The molecule has 2 N–H and O–H groups in total. The minimum absolute atomic E-state index is 0.288. The van der Waals surface area contributed by atoms with Crippen LogP contribution in [0.1, 0.15) is 46.1 Å². The van der Waals surface area contributed by atoms with Gasteiger partial charge in [0.25, 0.3) is 0 Å². The molecule has 1 fully saturated rings. The number of esters is 1. The lowest BCUT2D eigenvalue weighted by atomic mass is 10.1. The quantitative estimate of drug-likeness (QED) is 0.699. The molecule has 3 rings (SSSR count). The smallest absolute Gasteiger partial charge is 0.348 e. The van der Waals surface area contributed by atoms with Crippen LogP contribution in [0.5, 0.6) is 5.75 Å². The average Bonchev–Trinajstić information content (AvgIpc) is 3.46. The van der Waals surface area contributed by atoms with Crippen molar-refractivity contribution >= 4 is 22.3 Å². The molecule has 1 aliphatic carbocycles. The summed E-state index contributed by atoms with van der Waals surface area (Å²) in [7, 11) is 1.65. The van der Waals surface area contributed by atoms with Crippen molar-refractivity contribution in [3.63, 3.8) is 0 Å². The van der Waals surface area contributed by atoms with Crippen molar-refractivity contribution in [2.75, 3.05) is 19.5 Å². The lowest BCUT2D eigenvalue weighted by Gasteiger charge is -2.22. The highest BCUT2D eigenvalue weighted by Crippen LogP contribution is 2.36. The van der Waals surface area contributed by atoms with Gasteiger partial charge in [-0.05, 0) is 37.5 Å². The van der Waals surface area contributed by atoms with Gasteiger partial charge < -0.3 is 15.2 Å². The van der Waals surface area contributed by atoms with E-state index in [1.165, 1.54) is 0 Å². The molecule has 1 aromatic carbocycles. The van der Waals surface area contributed by atoms with Crippen molar-refractivity contribution in [1.82, 2.24) is 4.90 Å². The Morgan fingerprint density at radius 3 is 2.59 bits per heavy atom. The van der Waals surface area contributed by atoms with Crippen LogP contribution in [0, 0.1) is 11.3 Å². The zero-order chi connectivity index (χ0) is 19.4. The first-order valence-electron chi connectivity index (χ1n) is 8.92. The number of carbonyl (C=O) groups is 1. The fraction of sp³-hybridized carbons (Fsp3) is 0.400. The monoisotopic (exact) mass is 385 g/mol. The largest absolute Gasteiger partial charge is 0.497 e. The van der Waals surface area contributed by atoms with Crippen molar-refractivity contribution < 1.29 is 14.3 Å². The van der Waals surface area contributed by atoms with Crippen LogP contribution in [-0.4, -0.2) is 30.6 Å². The van der Waals surface area contributed by atoms with Gasteiger partial charge in [-0.2, -0.15) is 5.26 Å². The molecule has 7 heteroatoms. The normalized spacial score (nSPS) is 13.4. The van der Waals surface area contributed by atoms with E-state index in [-0.39, 0.29) is 6.61 Å². The Hall–Kier alpha value is -2.56. The van der Waals surface area contributed by atoms with E-state index in [1.54, 1.807) is 14.0 Å². The van der Waals surface area contributed by atoms with E-state index in [0.717, 1.165) is 42.0 Å². The maximum Gasteiger partial charge on any atom is 0.348 e. The molecule has 0 aliphatic heterocycles. The van der Waals surface area contributed by atoms with E-state index in [0.29, 0.717) is 33.6 Å². The first-order chi connectivity index (χ1) is 13.1. The van der Waals surface area contributed by atoms with Crippen molar-refractivity contribution in [3.05, 3.63) is 45.8 Å². The third-order valence-corrected chi connectivity index (χ3v) is 5.62. The first kappa shape index (κ1) is 19.2. The Morgan fingerprint density at radius 1 is 1.33 bits per heavy atom. The van der Waals surface area contributed by atoms with Crippen molar-refractivity contribution in [2.45, 2.75) is 38.9 Å². The van der Waals surface area contributed by atoms with E-state index in [1.807, 2.05) is 24.3 Å². The number of carbonyl (C=O) groups excluding carboxylic acids is 1. The molecule has 27 heavy (non-hydrogen) atoms. The van der Waals surface area contributed by atoms with Gasteiger partial charge >= 0.3 is 5.97 Å². The summed E-state index contributed by atoms with van der Waals surface area (Å²) in [5, 5.41) is 9.90. The van der Waals surface area contributed by atoms with E-state index in [4.69, 9.17) is 15.2 Å². The van der Waals surface area contributed by atoms with Gasteiger partial charge in [0, 0.05) is 24.7 Å². The van der Waals surface area contributed by atoms with Crippen LogP contribution in [0.4, 0.5) is 5.00 Å². The van der Waals surface area contributed by atoms with Crippen molar-refractivity contribution in [3.8, 4) is 11.8 Å². The molecule has 2 aromatic rings. The molecule has 0 atom stereocenters. The summed E-state index contributed by atoms with van der Waals surface area (Å²) in [6.45, 7) is 3.29. The van der Waals surface area contributed by atoms with Crippen LogP contribution in [0.25, 0.3) is 0 Å². The number of ether oxygens (including phenoxy) is 2. The Labute approximate surface area is 163 Å². The molecule has 0 saturated heterocycles. The maximum atomic E-state index is 12.3. The Kier molecular flexibility index (Phi) is 5.99. The number of rotatable bonds is 8. The number of benzene rings is 1. The van der Waals surface area contributed by atoms with Crippen LogP contribution >= 0.6 is 11.3 Å². The lowest BCUT2D eigenvalue weighted by Crippen LogP contribution is -2.26. The van der Waals surface area contributed by atoms with Gasteiger partial charge in [-0.3, -0.25) is 4.90 Å². The summed E-state index contributed by atoms with van der Waals surface area (Å²) in [5.74, 6) is 0.407. The molecule has 0 unspecified atom stereocenters. The molecule has 6 nitrogen and oxygen atoms in total. The topological polar surface area (TPSA) is 88.6 Å². The summed E-state index contributed by atoms with van der Waals surface area (Å²) in [6.07, 6.45) is 2.23. The van der Waals surface area contributed by atoms with Gasteiger partial charge in [0.05, 0.1) is 19.3 Å². The molecular weight excluding hydrogens is 362 g/mol. The highest BCUT2D eigenvalue weighted by atomic mass is 32.1. The van der Waals surface area contributed by atoms with E-state index in [9.17, 15) is 10.1 Å². The van der Waals surface area contributed by atoms with E-state index >= 15 is 0 Å². The number of nitrogens with zero attached hydrogens (tertiary/aromatic N) is 2. The van der Waals surface area contributed by atoms with Crippen LogP contribution in [-0.2, 0) is 17.8 Å². The second-order valence-corrected chi connectivity index (χ2v) is 7.52. The minimum Gasteiger partial charge on any atom is -0.497 e. The second kappa shape index (κ2) is 8.42. The van der Waals surface area contributed by atoms with Crippen LogP contribution in [0.3, 0.4) is 0 Å². The van der Waals surface area contributed by atoms with E-state index < -0.39 is 5.97 Å². The molecule has 0 bridgehead atoms. The number of nitrogen functional groups attached to an aromatic ring is 1. The molecule has 1 aliphatic rings. The fourth-order valence-corrected chi connectivity index (χ4v) is 3.96. The number of nitriles is 1. The third-order valence-electron chi connectivity index (χ3n) is 4.58. The van der Waals surface area contributed by atoms with Crippen LogP contribution in [0.2, 0.25) is 0 Å². The Balaban J connectivity index is 1.86. The molecular formula is C20H23N3O3S. The molecule has 1 saturated carbocycles. The Bertz CT molecular complexity index is 851. The van der Waals surface area contributed by atoms with Gasteiger partial charge in [-0.1, -0.05) is 12.1 Å². The number of nitrogens with two attached hydrogens (primary N) is 1. The maximum absolute atomic E-state index is 12.3.